The van der Waals surface area contributed by atoms with Crippen molar-refractivity contribution in [2.24, 2.45) is 0 Å². The standard InChI is InChI=1S/C60H62N4/c1-9-43-44(10-2)56-54(42-35-27-20-28-36-42)60-48(14-6)46(12-4)58(64(60)16-8)52(40-31-23-18-24-32-40)50-38-37-49(61-50)51(39-29-21-17-22-30-39)57-45(11-3)47(13-5)59(63(57)15-7)53(55(43)62-56)41-33-25-19-26-34-41/h17-38H,9-16H2,1-8H3. The Morgan fingerprint density at radius 3 is 0.875 bits per heavy atom. The van der Waals surface area contributed by atoms with Crippen LogP contribution in [-0.4, -0.2) is 19.1 Å². The average Bonchev–Trinajstić information content (AvgIpc) is 4.12. The van der Waals surface area contributed by atoms with Crippen LogP contribution in [0.25, 0.3) is 89.9 Å². The van der Waals surface area contributed by atoms with Gasteiger partial charge in [-0.2, -0.15) is 0 Å². The average molecular weight is 839 g/mol. The quantitative estimate of drug-likeness (QED) is 0.123. The van der Waals surface area contributed by atoms with Gasteiger partial charge in [-0.1, -0.05) is 163 Å². The molecule has 0 unspecified atom stereocenters. The molecule has 7 aromatic rings. The number of rotatable bonds is 12. The van der Waals surface area contributed by atoms with Gasteiger partial charge in [0.05, 0.1) is 44.8 Å². The summed E-state index contributed by atoms with van der Waals surface area (Å²) >= 11 is 0. The van der Waals surface area contributed by atoms with Gasteiger partial charge in [-0.3, -0.25) is 0 Å². The fourth-order valence-corrected chi connectivity index (χ4v) is 11.1. The van der Waals surface area contributed by atoms with E-state index in [9.17, 15) is 0 Å². The Kier molecular flexibility index (Phi) is 12.2. The van der Waals surface area contributed by atoms with Gasteiger partial charge in [0, 0.05) is 35.3 Å². The van der Waals surface area contributed by atoms with Gasteiger partial charge in [-0.15, -0.1) is 0 Å². The van der Waals surface area contributed by atoms with E-state index in [0.29, 0.717) is 0 Å². The lowest BCUT2D eigenvalue weighted by Gasteiger charge is -2.14. The molecule has 2 aliphatic heterocycles. The predicted molar refractivity (Wildman–Crippen MR) is 275 cm³/mol. The summed E-state index contributed by atoms with van der Waals surface area (Å²) in [7, 11) is 0. The van der Waals surface area contributed by atoms with E-state index in [1.165, 1.54) is 100.0 Å². The number of hydrogen-bond donors (Lipinski definition) is 0. The molecule has 0 saturated heterocycles. The summed E-state index contributed by atoms with van der Waals surface area (Å²) in [6, 6.07) is 44.3. The molecule has 0 amide bonds. The molecule has 5 heterocycles. The van der Waals surface area contributed by atoms with Crippen molar-refractivity contribution in [3.8, 4) is 44.5 Å². The van der Waals surface area contributed by atoms with Crippen molar-refractivity contribution < 1.29 is 0 Å². The number of aromatic nitrogens is 4. The lowest BCUT2D eigenvalue weighted by atomic mass is 9.91. The maximum atomic E-state index is 6.12. The Hall–Kier alpha value is -6.52. The summed E-state index contributed by atoms with van der Waals surface area (Å²) in [5.41, 5.74) is 27.0. The minimum atomic E-state index is 0.793. The lowest BCUT2D eigenvalue weighted by Crippen LogP contribution is -2.01. The molecule has 0 radical (unpaired) electrons. The molecule has 4 aromatic carbocycles. The third-order valence-electron chi connectivity index (χ3n) is 13.7. The highest BCUT2D eigenvalue weighted by Gasteiger charge is 2.31. The van der Waals surface area contributed by atoms with Crippen LogP contribution in [-0.2, 0) is 38.8 Å². The van der Waals surface area contributed by atoms with Gasteiger partial charge in [0.1, 0.15) is 0 Å². The Bertz CT molecular complexity index is 2880. The molecule has 0 N–H and O–H groups in total. The van der Waals surface area contributed by atoms with Crippen molar-refractivity contribution in [1.29, 1.82) is 0 Å². The van der Waals surface area contributed by atoms with Gasteiger partial charge in [0.25, 0.3) is 0 Å². The van der Waals surface area contributed by atoms with Crippen molar-refractivity contribution in [2.75, 3.05) is 0 Å². The summed E-state index contributed by atoms with van der Waals surface area (Å²) in [5.74, 6) is 0. The van der Waals surface area contributed by atoms with Crippen LogP contribution in [0.15, 0.2) is 121 Å². The molecule has 3 aromatic heterocycles. The second-order valence-corrected chi connectivity index (χ2v) is 16.9. The lowest BCUT2D eigenvalue weighted by molar-refractivity contribution is 0.821. The normalized spacial score (nSPS) is 12.4. The largest absolute Gasteiger partial charge is 0.340 e. The number of fused-ring (bicyclic) bond motifs is 8. The SMILES string of the molecule is CCC1=C(CC)c2nc1c(-c1ccccc1)c1c(CC)c(CC)c(c(-c3ccccc3)c3nc(c(-c4ccccc4)c4c(CC)c(CC)c(c2-c2ccccc2)n4CC)C=C3)n1CC. The minimum absolute atomic E-state index is 0.793. The van der Waals surface area contributed by atoms with E-state index in [1.54, 1.807) is 0 Å². The summed E-state index contributed by atoms with van der Waals surface area (Å²) in [5, 5.41) is 0. The molecule has 322 valence electrons. The van der Waals surface area contributed by atoms with E-state index < -0.39 is 0 Å². The van der Waals surface area contributed by atoms with E-state index in [0.717, 1.165) is 74.4 Å². The molecule has 8 bridgehead atoms. The van der Waals surface area contributed by atoms with Crippen LogP contribution in [0.1, 0.15) is 113 Å². The van der Waals surface area contributed by atoms with Crippen LogP contribution in [0.2, 0.25) is 0 Å². The Morgan fingerprint density at radius 2 is 0.609 bits per heavy atom. The van der Waals surface area contributed by atoms with Crippen molar-refractivity contribution in [1.82, 2.24) is 19.1 Å². The number of allylic oxidation sites excluding steroid dienone is 2. The number of benzene rings is 4. The first kappa shape index (κ1) is 42.8. The molecule has 0 aliphatic carbocycles. The monoisotopic (exact) mass is 838 g/mol. The van der Waals surface area contributed by atoms with E-state index in [1.807, 2.05) is 0 Å². The first-order valence-corrected chi connectivity index (χ1v) is 24.0. The first-order valence-electron chi connectivity index (χ1n) is 24.0. The predicted octanol–water partition coefficient (Wildman–Crippen LogP) is 16.1. The fraction of sp³-hybridized carbons (Fsp3) is 0.267. The minimum Gasteiger partial charge on any atom is -0.340 e. The van der Waals surface area contributed by atoms with E-state index in [4.69, 9.17) is 9.97 Å². The first-order chi connectivity index (χ1) is 31.5. The van der Waals surface area contributed by atoms with Crippen molar-refractivity contribution in [3.05, 3.63) is 166 Å². The molecular weight excluding hydrogens is 777 g/mol. The summed E-state index contributed by atoms with van der Waals surface area (Å²) in [4.78, 5) is 11.9. The van der Waals surface area contributed by atoms with Crippen molar-refractivity contribution in [2.45, 2.75) is 107 Å². The van der Waals surface area contributed by atoms with E-state index in [2.05, 4.69) is 198 Å². The summed E-state index contributed by atoms with van der Waals surface area (Å²) in [6.07, 6.45) is 9.91. The fourth-order valence-electron chi connectivity index (χ4n) is 11.1. The molecule has 64 heavy (non-hydrogen) atoms. The van der Waals surface area contributed by atoms with Gasteiger partial charge in [0.2, 0.25) is 0 Å². The Balaban J connectivity index is 1.72. The van der Waals surface area contributed by atoms with Crippen LogP contribution in [0.4, 0.5) is 0 Å². The summed E-state index contributed by atoms with van der Waals surface area (Å²) < 4.78 is 5.26. The summed E-state index contributed by atoms with van der Waals surface area (Å²) in [6.45, 7) is 20.2. The van der Waals surface area contributed by atoms with Crippen molar-refractivity contribution in [3.63, 3.8) is 0 Å². The molecule has 0 spiro atoms. The molecule has 0 fully saturated rings. The number of hydrogen-bond acceptors (Lipinski definition) is 2. The highest BCUT2D eigenvalue weighted by atomic mass is 15.0. The molecule has 9 rings (SSSR count). The third kappa shape index (κ3) is 6.90. The van der Waals surface area contributed by atoms with Gasteiger partial charge < -0.3 is 9.13 Å². The van der Waals surface area contributed by atoms with Gasteiger partial charge in [0.15, 0.2) is 0 Å². The van der Waals surface area contributed by atoms with Gasteiger partial charge in [-0.25, -0.2) is 9.97 Å². The zero-order chi connectivity index (χ0) is 44.5. The molecule has 4 heteroatoms. The smallest absolute Gasteiger partial charge is 0.0772 e. The number of aryl methyl sites for hydroxylation is 6. The zero-order valence-electron chi connectivity index (χ0n) is 39.1. The van der Waals surface area contributed by atoms with Gasteiger partial charge >= 0.3 is 0 Å². The topological polar surface area (TPSA) is 35.6 Å². The highest BCUT2D eigenvalue weighted by Crippen LogP contribution is 2.49. The van der Waals surface area contributed by atoms with Gasteiger partial charge in [-0.05, 0) is 120 Å². The van der Waals surface area contributed by atoms with Crippen LogP contribution >= 0.6 is 0 Å². The second-order valence-electron chi connectivity index (χ2n) is 16.9. The molecule has 4 nitrogen and oxygen atoms in total. The molecular formula is C60H62N4. The van der Waals surface area contributed by atoms with E-state index >= 15 is 0 Å². The number of nitrogens with zero attached hydrogens (tertiary/aromatic N) is 4. The molecule has 0 saturated carbocycles. The maximum absolute atomic E-state index is 6.12. The molecule has 0 atom stereocenters. The zero-order valence-corrected chi connectivity index (χ0v) is 39.1. The van der Waals surface area contributed by atoms with Crippen LogP contribution < -0.4 is 0 Å². The van der Waals surface area contributed by atoms with Crippen LogP contribution in [0.3, 0.4) is 0 Å². The highest BCUT2D eigenvalue weighted by molar-refractivity contribution is 6.08. The Morgan fingerprint density at radius 1 is 0.328 bits per heavy atom. The Labute approximate surface area is 380 Å². The van der Waals surface area contributed by atoms with E-state index in [-0.39, 0.29) is 0 Å². The molecule has 2 aliphatic rings. The second kappa shape index (κ2) is 18.3. The third-order valence-corrected chi connectivity index (χ3v) is 13.7. The van der Waals surface area contributed by atoms with Crippen molar-refractivity contribution >= 4 is 45.4 Å². The van der Waals surface area contributed by atoms with Crippen LogP contribution in [0.5, 0.6) is 0 Å². The maximum Gasteiger partial charge on any atom is 0.0772 e. The van der Waals surface area contributed by atoms with Crippen LogP contribution in [0, 0.1) is 0 Å².